The standard InChI is InChI=1S/C18H17NO6/c1-23-15(20)14(16(21)24-2)18(10-11-6-5-9-25-11)12-7-3-4-8-13(12)19-17(18)22/h3-9,14H,10H2,1-2H3,(H,19,22)/t18-/m0/s1. The molecule has 7 nitrogen and oxygen atoms in total. The van der Waals surface area contributed by atoms with Crippen LogP contribution in [0.25, 0.3) is 0 Å². The Labute approximate surface area is 143 Å². The number of esters is 2. The molecule has 2 heterocycles. The highest BCUT2D eigenvalue weighted by molar-refractivity contribution is 6.13. The second-order valence-corrected chi connectivity index (χ2v) is 5.71. The number of para-hydroxylation sites is 1. The van der Waals surface area contributed by atoms with Crippen LogP contribution in [-0.4, -0.2) is 32.1 Å². The van der Waals surface area contributed by atoms with Gasteiger partial charge in [0.2, 0.25) is 5.91 Å². The second kappa shape index (κ2) is 6.43. The first-order valence-electron chi connectivity index (χ1n) is 7.63. The molecular weight excluding hydrogens is 326 g/mol. The van der Waals surface area contributed by atoms with E-state index < -0.39 is 29.2 Å². The summed E-state index contributed by atoms with van der Waals surface area (Å²) in [6.45, 7) is 0. The van der Waals surface area contributed by atoms with Gasteiger partial charge in [0.15, 0.2) is 5.92 Å². The molecule has 3 rings (SSSR count). The average molecular weight is 343 g/mol. The van der Waals surface area contributed by atoms with E-state index >= 15 is 0 Å². The first kappa shape index (κ1) is 16.8. The summed E-state index contributed by atoms with van der Waals surface area (Å²) in [5.41, 5.74) is -0.455. The molecule has 0 bridgehead atoms. The number of hydrogen-bond acceptors (Lipinski definition) is 6. The normalized spacial score (nSPS) is 18.6. The molecule has 0 fully saturated rings. The Kier molecular flexibility index (Phi) is 4.31. The van der Waals surface area contributed by atoms with Gasteiger partial charge in [-0.05, 0) is 23.8 Å². The highest BCUT2D eigenvalue weighted by atomic mass is 16.5. The van der Waals surface area contributed by atoms with Crippen molar-refractivity contribution in [2.45, 2.75) is 11.8 Å². The Hall–Kier alpha value is -3.09. The summed E-state index contributed by atoms with van der Waals surface area (Å²) in [7, 11) is 2.33. The molecule has 1 amide bonds. The van der Waals surface area contributed by atoms with Gasteiger partial charge in [-0.1, -0.05) is 18.2 Å². The summed E-state index contributed by atoms with van der Waals surface area (Å²) >= 11 is 0. The first-order valence-corrected chi connectivity index (χ1v) is 7.63. The van der Waals surface area contributed by atoms with Crippen LogP contribution in [0, 0.1) is 5.92 Å². The van der Waals surface area contributed by atoms with Crippen LogP contribution in [0.2, 0.25) is 0 Å². The van der Waals surface area contributed by atoms with E-state index in [9.17, 15) is 14.4 Å². The van der Waals surface area contributed by atoms with Crippen molar-refractivity contribution < 1.29 is 28.3 Å². The van der Waals surface area contributed by atoms with E-state index in [4.69, 9.17) is 13.9 Å². The van der Waals surface area contributed by atoms with Crippen LogP contribution in [0.15, 0.2) is 47.1 Å². The number of furan rings is 1. The highest BCUT2D eigenvalue weighted by Gasteiger charge is 2.59. The van der Waals surface area contributed by atoms with Crippen molar-refractivity contribution in [3.05, 3.63) is 54.0 Å². The first-order chi connectivity index (χ1) is 12.0. The lowest BCUT2D eigenvalue weighted by Crippen LogP contribution is -2.51. The third-order valence-electron chi connectivity index (χ3n) is 4.46. The van der Waals surface area contributed by atoms with Crippen LogP contribution in [0.4, 0.5) is 5.69 Å². The van der Waals surface area contributed by atoms with E-state index in [0.29, 0.717) is 17.0 Å². The zero-order valence-corrected chi connectivity index (χ0v) is 13.8. The fraction of sp³-hybridized carbons (Fsp3) is 0.278. The van der Waals surface area contributed by atoms with Crippen LogP contribution < -0.4 is 5.32 Å². The van der Waals surface area contributed by atoms with Crippen LogP contribution in [-0.2, 0) is 35.7 Å². The molecule has 25 heavy (non-hydrogen) atoms. The van der Waals surface area contributed by atoms with Crippen molar-refractivity contribution in [3.63, 3.8) is 0 Å². The van der Waals surface area contributed by atoms with Gasteiger partial charge in [-0.15, -0.1) is 0 Å². The lowest BCUT2D eigenvalue weighted by atomic mass is 9.68. The minimum atomic E-state index is -1.52. The molecule has 7 heteroatoms. The predicted molar refractivity (Wildman–Crippen MR) is 86.7 cm³/mol. The predicted octanol–water partition coefficient (Wildman–Crippen LogP) is 1.67. The van der Waals surface area contributed by atoms with Crippen molar-refractivity contribution in [1.82, 2.24) is 0 Å². The van der Waals surface area contributed by atoms with E-state index in [1.165, 1.54) is 6.26 Å². The number of fused-ring (bicyclic) bond motifs is 1. The summed E-state index contributed by atoms with van der Waals surface area (Å²) in [5, 5.41) is 2.74. The molecule has 0 aliphatic carbocycles. The topological polar surface area (TPSA) is 94.8 Å². The minimum absolute atomic E-state index is 0.0116. The van der Waals surface area contributed by atoms with Crippen molar-refractivity contribution in [1.29, 1.82) is 0 Å². The monoisotopic (exact) mass is 343 g/mol. The van der Waals surface area contributed by atoms with Crippen LogP contribution >= 0.6 is 0 Å². The lowest BCUT2D eigenvalue weighted by Gasteiger charge is -2.31. The fourth-order valence-electron chi connectivity index (χ4n) is 3.32. The minimum Gasteiger partial charge on any atom is -0.469 e. The van der Waals surface area contributed by atoms with E-state index in [-0.39, 0.29) is 6.42 Å². The van der Waals surface area contributed by atoms with Crippen molar-refractivity contribution in [2.75, 3.05) is 19.5 Å². The van der Waals surface area contributed by atoms with E-state index in [1.807, 2.05) is 0 Å². The maximum absolute atomic E-state index is 13.0. The zero-order valence-electron chi connectivity index (χ0n) is 13.8. The number of ether oxygens (including phenoxy) is 2. The molecule has 1 aromatic heterocycles. The number of carbonyl (C=O) groups excluding carboxylic acids is 3. The quantitative estimate of drug-likeness (QED) is 0.655. The van der Waals surface area contributed by atoms with E-state index in [1.54, 1.807) is 36.4 Å². The molecule has 1 atom stereocenters. The van der Waals surface area contributed by atoms with Gasteiger partial charge in [-0.3, -0.25) is 14.4 Å². The summed E-state index contributed by atoms with van der Waals surface area (Å²) in [6, 6.07) is 10.3. The largest absolute Gasteiger partial charge is 0.469 e. The van der Waals surface area contributed by atoms with Gasteiger partial charge in [-0.2, -0.15) is 0 Å². The maximum Gasteiger partial charge on any atom is 0.321 e. The third kappa shape index (κ3) is 2.57. The van der Waals surface area contributed by atoms with Gasteiger partial charge in [0.25, 0.3) is 0 Å². The van der Waals surface area contributed by atoms with Crippen molar-refractivity contribution in [2.24, 2.45) is 5.92 Å². The molecule has 0 unspecified atom stereocenters. The number of carbonyl (C=O) groups is 3. The molecule has 0 saturated heterocycles. The zero-order chi connectivity index (χ0) is 18.0. The van der Waals surface area contributed by atoms with Crippen LogP contribution in [0.5, 0.6) is 0 Å². The summed E-state index contributed by atoms with van der Waals surface area (Å²) in [5.74, 6) is -3.16. The number of methoxy groups -OCH3 is 2. The van der Waals surface area contributed by atoms with Gasteiger partial charge in [0.05, 0.1) is 20.5 Å². The highest BCUT2D eigenvalue weighted by Crippen LogP contribution is 2.46. The Morgan fingerprint density at radius 1 is 1.12 bits per heavy atom. The number of benzene rings is 1. The fourth-order valence-corrected chi connectivity index (χ4v) is 3.32. The number of nitrogens with one attached hydrogen (secondary N) is 1. The van der Waals surface area contributed by atoms with Crippen LogP contribution in [0.3, 0.4) is 0 Å². The van der Waals surface area contributed by atoms with Crippen molar-refractivity contribution in [3.8, 4) is 0 Å². The summed E-state index contributed by atoms with van der Waals surface area (Å²) in [4.78, 5) is 37.9. The number of amides is 1. The van der Waals surface area contributed by atoms with Crippen molar-refractivity contribution >= 4 is 23.5 Å². The van der Waals surface area contributed by atoms with E-state index in [0.717, 1.165) is 14.2 Å². The Morgan fingerprint density at radius 3 is 2.40 bits per heavy atom. The molecule has 1 aliphatic rings. The summed E-state index contributed by atoms with van der Waals surface area (Å²) in [6.07, 6.45) is 1.48. The molecule has 0 saturated carbocycles. The van der Waals surface area contributed by atoms with Gasteiger partial charge in [0.1, 0.15) is 11.2 Å². The Balaban J connectivity index is 2.24. The SMILES string of the molecule is COC(=O)C(C(=O)OC)[C@@]1(Cc2ccco2)C(=O)Nc2ccccc21. The van der Waals surface area contributed by atoms with Gasteiger partial charge in [0, 0.05) is 12.1 Å². The smallest absolute Gasteiger partial charge is 0.321 e. The molecule has 1 aliphatic heterocycles. The molecule has 1 aromatic carbocycles. The molecule has 0 radical (unpaired) electrons. The van der Waals surface area contributed by atoms with Gasteiger partial charge < -0.3 is 19.2 Å². The lowest BCUT2D eigenvalue weighted by molar-refractivity contribution is -0.164. The van der Waals surface area contributed by atoms with Crippen LogP contribution in [0.1, 0.15) is 11.3 Å². The number of rotatable bonds is 5. The van der Waals surface area contributed by atoms with Gasteiger partial charge >= 0.3 is 11.9 Å². The third-order valence-corrected chi connectivity index (χ3v) is 4.46. The summed E-state index contributed by atoms with van der Waals surface area (Å²) < 4.78 is 15.0. The molecule has 0 spiro atoms. The molecule has 130 valence electrons. The molecule has 2 aromatic rings. The Bertz CT molecular complexity index is 797. The van der Waals surface area contributed by atoms with E-state index in [2.05, 4.69) is 5.32 Å². The number of anilines is 1. The second-order valence-electron chi connectivity index (χ2n) is 5.71. The maximum atomic E-state index is 13.0. The Morgan fingerprint density at radius 2 is 1.80 bits per heavy atom. The van der Waals surface area contributed by atoms with Gasteiger partial charge in [-0.25, -0.2) is 0 Å². The molecule has 1 N–H and O–H groups in total. The molecular formula is C18H17NO6. The average Bonchev–Trinajstić information content (AvgIpc) is 3.22. The number of hydrogen-bond donors (Lipinski definition) is 1.